The number of esters is 1. The third kappa shape index (κ3) is 4.43. The summed E-state index contributed by atoms with van der Waals surface area (Å²) in [5, 5.41) is 5.09. The van der Waals surface area contributed by atoms with Crippen molar-refractivity contribution in [3.05, 3.63) is 74.2 Å². The monoisotopic (exact) mass is 420 g/mol. The smallest absolute Gasteiger partial charge is 0.359 e. The number of fused-ring (bicyclic) bond motifs is 1. The number of aryl methyl sites for hydroxylation is 1. The van der Waals surface area contributed by atoms with Gasteiger partial charge in [0, 0.05) is 17.5 Å². The summed E-state index contributed by atoms with van der Waals surface area (Å²) in [5.74, 6) is -0.815. The second-order valence-electron chi connectivity index (χ2n) is 8.39. The third-order valence-electron chi connectivity index (χ3n) is 5.72. The summed E-state index contributed by atoms with van der Waals surface area (Å²) in [7, 11) is 0. The predicted octanol–water partition coefficient (Wildman–Crippen LogP) is 4.33. The van der Waals surface area contributed by atoms with Gasteiger partial charge in [-0.1, -0.05) is 32.0 Å². The van der Waals surface area contributed by atoms with E-state index in [1.165, 1.54) is 4.68 Å². The molecule has 31 heavy (non-hydrogen) atoms. The molecule has 0 spiro atoms. The zero-order valence-electron chi connectivity index (χ0n) is 18.9. The standard InChI is InChI=1S/C25H28N2O4/c1-14(2)12-27-24(29)20-10-8-7-9-19(20)23(26-27)25(30)31-13-22(28)21-11-15(3)16(4)17(5)18(21)6/h7-11,14H,12-13H2,1-6H3. The first-order valence-electron chi connectivity index (χ1n) is 10.4. The highest BCUT2D eigenvalue weighted by Crippen LogP contribution is 2.22. The van der Waals surface area contributed by atoms with Crippen LogP contribution in [0.2, 0.25) is 0 Å². The molecule has 0 fully saturated rings. The molecule has 6 heteroatoms. The number of nitrogens with zero attached hydrogens (tertiary/aromatic N) is 2. The van der Waals surface area contributed by atoms with Crippen molar-refractivity contribution >= 4 is 22.5 Å². The lowest BCUT2D eigenvalue weighted by molar-refractivity contribution is 0.0468. The van der Waals surface area contributed by atoms with Crippen molar-refractivity contribution in [2.75, 3.05) is 6.61 Å². The second kappa shape index (κ2) is 8.84. The van der Waals surface area contributed by atoms with Crippen LogP contribution in [-0.4, -0.2) is 28.1 Å². The number of benzene rings is 2. The summed E-state index contributed by atoms with van der Waals surface area (Å²) in [6.07, 6.45) is 0. The molecular formula is C25H28N2O4. The van der Waals surface area contributed by atoms with Crippen molar-refractivity contribution in [1.82, 2.24) is 9.78 Å². The van der Waals surface area contributed by atoms with Crippen LogP contribution in [-0.2, 0) is 11.3 Å². The van der Waals surface area contributed by atoms with Gasteiger partial charge in [0.05, 0.1) is 5.39 Å². The molecule has 0 bridgehead atoms. The summed E-state index contributed by atoms with van der Waals surface area (Å²) < 4.78 is 6.64. The molecule has 2 aromatic carbocycles. The lowest BCUT2D eigenvalue weighted by Gasteiger charge is -2.14. The van der Waals surface area contributed by atoms with Gasteiger partial charge in [-0.3, -0.25) is 9.59 Å². The van der Waals surface area contributed by atoms with Gasteiger partial charge in [0.25, 0.3) is 5.56 Å². The number of Topliss-reactive ketones (excluding diaryl/α,β-unsaturated/α-hetero) is 1. The molecule has 0 aliphatic rings. The Kier molecular flexibility index (Phi) is 6.39. The molecular weight excluding hydrogens is 392 g/mol. The number of hydrogen-bond donors (Lipinski definition) is 0. The molecule has 1 heterocycles. The van der Waals surface area contributed by atoms with Gasteiger partial charge in [-0.05, 0) is 68.0 Å². The number of ether oxygens (including phenoxy) is 1. The van der Waals surface area contributed by atoms with E-state index in [1.807, 2.05) is 47.6 Å². The number of carbonyl (C=O) groups excluding carboxylic acids is 2. The van der Waals surface area contributed by atoms with E-state index >= 15 is 0 Å². The van der Waals surface area contributed by atoms with E-state index in [2.05, 4.69) is 5.10 Å². The number of hydrogen-bond acceptors (Lipinski definition) is 5. The van der Waals surface area contributed by atoms with E-state index in [0.29, 0.717) is 22.9 Å². The number of rotatable bonds is 6. The van der Waals surface area contributed by atoms with E-state index in [1.54, 1.807) is 24.3 Å². The Morgan fingerprint density at radius 1 is 1.00 bits per heavy atom. The number of carbonyl (C=O) groups is 2. The molecule has 0 amide bonds. The highest BCUT2D eigenvalue weighted by atomic mass is 16.5. The molecule has 3 aromatic rings. The van der Waals surface area contributed by atoms with Gasteiger partial charge in [-0.2, -0.15) is 5.10 Å². The molecule has 0 aliphatic heterocycles. The molecule has 0 saturated carbocycles. The Bertz CT molecular complexity index is 1240. The van der Waals surface area contributed by atoms with E-state index in [-0.39, 0.29) is 29.6 Å². The van der Waals surface area contributed by atoms with Gasteiger partial charge in [-0.25, -0.2) is 9.48 Å². The fourth-order valence-electron chi connectivity index (χ4n) is 3.63. The largest absolute Gasteiger partial charge is 0.452 e. The van der Waals surface area contributed by atoms with E-state index in [4.69, 9.17) is 4.74 Å². The molecule has 0 radical (unpaired) electrons. The topological polar surface area (TPSA) is 78.3 Å². The average molecular weight is 421 g/mol. The van der Waals surface area contributed by atoms with Crippen molar-refractivity contribution < 1.29 is 14.3 Å². The Morgan fingerprint density at radius 3 is 2.29 bits per heavy atom. The van der Waals surface area contributed by atoms with Crippen molar-refractivity contribution in [1.29, 1.82) is 0 Å². The van der Waals surface area contributed by atoms with Gasteiger partial charge >= 0.3 is 5.97 Å². The molecule has 0 N–H and O–H groups in total. The third-order valence-corrected chi connectivity index (χ3v) is 5.72. The number of ketones is 1. The molecule has 6 nitrogen and oxygen atoms in total. The van der Waals surface area contributed by atoms with Crippen molar-refractivity contribution in [2.24, 2.45) is 5.92 Å². The Labute approximate surface area is 181 Å². The van der Waals surface area contributed by atoms with Gasteiger partial charge in [0.2, 0.25) is 5.78 Å². The first kappa shape index (κ1) is 22.4. The molecule has 0 aliphatic carbocycles. The zero-order valence-corrected chi connectivity index (χ0v) is 18.9. The maximum absolute atomic E-state index is 12.9. The minimum absolute atomic E-state index is 0.0386. The lowest BCUT2D eigenvalue weighted by atomic mass is 9.93. The van der Waals surface area contributed by atoms with Crippen molar-refractivity contribution in [3.63, 3.8) is 0 Å². The number of aromatic nitrogens is 2. The first-order chi connectivity index (χ1) is 14.6. The minimum atomic E-state index is -0.722. The molecule has 0 atom stereocenters. The van der Waals surface area contributed by atoms with Crippen LogP contribution in [0.4, 0.5) is 0 Å². The molecule has 162 valence electrons. The van der Waals surface area contributed by atoms with Crippen LogP contribution in [0.5, 0.6) is 0 Å². The fraction of sp³-hybridized carbons (Fsp3) is 0.360. The minimum Gasteiger partial charge on any atom is -0.452 e. The van der Waals surface area contributed by atoms with Crippen LogP contribution in [0.1, 0.15) is 56.9 Å². The van der Waals surface area contributed by atoms with Gasteiger partial charge < -0.3 is 4.74 Å². The Morgan fingerprint density at radius 2 is 1.65 bits per heavy atom. The Hall–Kier alpha value is -3.28. The summed E-state index contributed by atoms with van der Waals surface area (Å²) in [6.45, 7) is 11.8. The first-order valence-corrected chi connectivity index (χ1v) is 10.4. The molecule has 1 aromatic heterocycles. The molecule has 0 unspecified atom stereocenters. The summed E-state index contributed by atoms with van der Waals surface area (Å²) in [4.78, 5) is 38.4. The maximum Gasteiger partial charge on any atom is 0.359 e. The van der Waals surface area contributed by atoms with Crippen LogP contribution < -0.4 is 5.56 Å². The van der Waals surface area contributed by atoms with Crippen LogP contribution in [0.3, 0.4) is 0 Å². The van der Waals surface area contributed by atoms with Gasteiger partial charge in [-0.15, -0.1) is 0 Å². The summed E-state index contributed by atoms with van der Waals surface area (Å²) >= 11 is 0. The molecule has 3 rings (SSSR count). The fourth-order valence-corrected chi connectivity index (χ4v) is 3.63. The average Bonchev–Trinajstić information content (AvgIpc) is 2.74. The van der Waals surface area contributed by atoms with E-state index < -0.39 is 5.97 Å². The molecule has 0 saturated heterocycles. The summed E-state index contributed by atoms with van der Waals surface area (Å²) in [6, 6.07) is 8.65. The normalized spacial score (nSPS) is 11.2. The lowest BCUT2D eigenvalue weighted by Crippen LogP contribution is -2.28. The summed E-state index contributed by atoms with van der Waals surface area (Å²) in [5.41, 5.74) is 4.45. The van der Waals surface area contributed by atoms with Crippen LogP contribution >= 0.6 is 0 Å². The highest BCUT2D eigenvalue weighted by molar-refractivity contribution is 6.04. The van der Waals surface area contributed by atoms with Gasteiger partial charge in [0.1, 0.15) is 0 Å². The van der Waals surface area contributed by atoms with Crippen LogP contribution in [0, 0.1) is 33.6 Å². The van der Waals surface area contributed by atoms with E-state index in [9.17, 15) is 14.4 Å². The quantitative estimate of drug-likeness (QED) is 0.438. The maximum atomic E-state index is 12.9. The Balaban J connectivity index is 1.91. The van der Waals surface area contributed by atoms with E-state index in [0.717, 1.165) is 22.3 Å². The van der Waals surface area contributed by atoms with Crippen molar-refractivity contribution in [2.45, 2.75) is 48.1 Å². The SMILES string of the molecule is Cc1cc(C(=O)COC(=O)c2nn(CC(C)C)c(=O)c3ccccc23)c(C)c(C)c1C. The predicted molar refractivity (Wildman–Crippen MR) is 121 cm³/mol. The zero-order chi connectivity index (χ0) is 22.9. The van der Waals surface area contributed by atoms with Crippen LogP contribution in [0.15, 0.2) is 35.1 Å². The van der Waals surface area contributed by atoms with Gasteiger partial charge in [0.15, 0.2) is 12.3 Å². The second-order valence-corrected chi connectivity index (χ2v) is 8.39. The van der Waals surface area contributed by atoms with Crippen molar-refractivity contribution in [3.8, 4) is 0 Å². The van der Waals surface area contributed by atoms with Crippen LogP contribution in [0.25, 0.3) is 10.8 Å². The highest BCUT2D eigenvalue weighted by Gasteiger charge is 2.21.